The van der Waals surface area contributed by atoms with E-state index in [9.17, 15) is 9.59 Å². The van der Waals surface area contributed by atoms with Gasteiger partial charge in [0.15, 0.2) is 5.82 Å². The topological polar surface area (TPSA) is 124 Å². The molecule has 0 N–H and O–H groups in total. The molecule has 1 aliphatic carbocycles. The van der Waals surface area contributed by atoms with Gasteiger partial charge in [-0.3, -0.25) is 9.59 Å². The Morgan fingerprint density at radius 2 is 1.78 bits per heavy atom. The molecule has 0 unspecified atom stereocenters. The standard InChI is InChI=1S/C33H36N6O5S/c1-19-13-27(40)38(16-19)17-22-6-5-21(30-34-29(37-44-30)23-15-28(41)39(18-23)24-9-10-24)14-26(22)43-25-11-7-20(8-12-25)31-35-36-32(45-31)33(2,3)42-4/h5-8,11-12,14,19,23-24H,9-10,13,15-18H2,1-4H3/t19-,23+/m0/s1. The van der Waals surface area contributed by atoms with Crippen molar-refractivity contribution in [1.82, 2.24) is 30.1 Å². The lowest BCUT2D eigenvalue weighted by atomic mass is 10.1. The van der Waals surface area contributed by atoms with E-state index in [2.05, 4.69) is 27.3 Å². The Morgan fingerprint density at radius 1 is 1.00 bits per heavy atom. The molecule has 0 radical (unpaired) electrons. The van der Waals surface area contributed by atoms with E-state index < -0.39 is 5.60 Å². The Kier molecular flexibility index (Phi) is 7.65. The summed E-state index contributed by atoms with van der Waals surface area (Å²) < 4.78 is 17.7. The van der Waals surface area contributed by atoms with E-state index in [0.717, 1.165) is 34.0 Å². The van der Waals surface area contributed by atoms with Crippen molar-refractivity contribution in [3.8, 4) is 33.5 Å². The molecule has 4 aromatic rings. The third-order valence-corrected chi connectivity index (χ3v) is 10.1. The number of amides is 2. The van der Waals surface area contributed by atoms with Crippen LogP contribution in [0.3, 0.4) is 0 Å². The predicted molar refractivity (Wildman–Crippen MR) is 166 cm³/mol. The van der Waals surface area contributed by atoms with E-state index >= 15 is 0 Å². The number of methoxy groups -OCH3 is 1. The maximum absolute atomic E-state index is 12.6. The fraction of sp³-hybridized carbons (Fsp3) is 0.455. The monoisotopic (exact) mass is 628 g/mol. The number of hydrogen-bond donors (Lipinski definition) is 0. The second kappa shape index (κ2) is 11.6. The lowest BCUT2D eigenvalue weighted by Gasteiger charge is -2.19. The molecule has 11 nitrogen and oxygen atoms in total. The van der Waals surface area contributed by atoms with Crippen LogP contribution in [-0.4, -0.2) is 68.2 Å². The van der Waals surface area contributed by atoms with Gasteiger partial charge in [0.1, 0.15) is 27.1 Å². The second-order valence-corrected chi connectivity index (χ2v) is 13.8. The summed E-state index contributed by atoms with van der Waals surface area (Å²) in [4.78, 5) is 33.6. The molecule has 2 aromatic carbocycles. The molecule has 45 heavy (non-hydrogen) atoms. The Morgan fingerprint density at radius 3 is 2.49 bits per heavy atom. The van der Waals surface area contributed by atoms with Crippen molar-refractivity contribution in [3.63, 3.8) is 0 Å². The van der Waals surface area contributed by atoms with Crippen molar-refractivity contribution in [2.24, 2.45) is 5.92 Å². The van der Waals surface area contributed by atoms with Crippen LogP contribution in [0.1, 0.15) is 68.8 Å². The molecule has 3 fully saturated rings. The van der Waals surface area contributed by atoms with Gasteiger partial charge in [-0.25, -0.2) is 0 Å². The third-order valence-electron chi connectivity index (χ3n) is 8.82. The molecule has 2 saturated heterocycles. The average molecular weight is 629 g/mol. The Hall–Kier alpha value is -4.16. The fourth-order valence-electron chi connectivity index (χ4n) is 5.87. The van der Waals surface area contributed by atoms with Gasteiger partial charge in [-0.05, 0) is 69.0 Å². The number of ether oxygens (including phenoxy) is 2. The highest BCUT2D eigenvalue weighted by Crippen LogP contribution is 2.38. The molecule has 2 aliphatic heterocycles. The number of likely N-dealkylation sites (tertiary alicyclic amines) is 2. The zero-order valence-corrected chi connectivity index (χ0v) is 26.7. The largest absolute Gasteiger partial charge is 0.457 e. The van der Waals surface area contributed by atoms with Gasteiger partial charge in [0.25, 0.3) is 5.89 Å². The van der Waals surface area contributed by atoms with Crippen molar-refractivity contribution >= 4 is 23.2 Å². The van der Waals surface area contributed by atoms with Crippen LogP contribution in [0.4, 0.5) is 0 Å². The van der Waals surface area contributed by atoms with Crippen LogP contribution in [0.5, 0.6) is 11.5 Å². The van der Waals surface area contributed by atoms with Crippen LogP contribution in [-0.2, 0) is 26.5 Å². The van der Waals surface area contributed by atoms with Gasteiger partial charge in [-0.1, -0.05) is 29.5 Å². The van der Waals surface area contributed by atoms with Gasteiger partial charge >= 0.3 is 0 Å². The van der Waals surface area contributed by atoms with Crippen LogP contribution in [0.15, 0.2) is 47.0 Å². The van der Waals surface area contributed by atoms with Gasteiger partial charge in [-0.15, -0.1) is 10.2 Å². The molecule has 1 saturated carbocycles. The maximum atomic E-state index is 12.6. The number of hydrogen-bond acceptors (Lipinski definition) is 10. The van der Waals surface area contributed by atoms with Crippen molar-refractivity contribution in [3.05, 3.63) is 58.9 Å². The van der Waals surface area contributed by atoms with Crippen molar-refractivity contribution < 1.29 is 23.6 Å². The van der Waals surface area contributed by atoms with Gasteiger partial charge in [0.2, 0.25) is 11.8 Å². The van der Waals surface area contributed by atoms with E-state index in [0.29, 0.717) is 73.2 Å². The molecular formula is C33H36N6O5S. The second-order valence-electron chi connectivity index (χ2n) is 12.8. The van der Waals surface area contributed by atoms with Crippen LogP contribution in [0.2, 0.25) is 0 Å². The summed E-state index contributed by atoms with van der Waals surface area (Å²) in [5, 5.41) is 14.5. The number of aromatic nitrogens is 4. The molecule has 0 spiro atoms. The first-order chi connectivity index (χ1) is 21.7. The summed E-state index contributed by atoms with van der Waals surface area (Å²) in [6.45, 7) is 7.80. The molecule has 2 aromatic heterocycles. The molecule has 234 valence electrons. The maximum Gasteiger partial charge on any atom is 0.258 e. The molecule has 3 aliphatic rings. The lowest BCUT2D eigenvalue weighted by molar-refractivity contribution is -0.129. The fourth-order valence-corrected chi connectivity index (χ4v) is 6.80. The number of rotatable bonds is 10. The zero-order chi connectivity index (χ0) is 31.3. The first-order valence-corrected chi connectivity index (χ1v) is 16.2. The predicted octanol–water partition coefficient (Wildman–Crippen LogP) is 5.78. The summed E-state index contributed by atoms with van der Waals surface area (Å²) in [6, 6.07) is 13.8. The van der Waals surface area contributed by atoms with E-state index in [1.807, 2.05) is 66.1 Å². The molecule has 12 heteroatoms. The normalized spacial score (nSPS) is 20.4. The van der Waals surface area contributed by atoms with Gasteiger partial charge in [-0.2, -0.15) is 4.98 Å². The Balaban J connectivity index is 1.14. The Labute approximate surface area is 265 Å². The summed E-state index contributed by atoms with van der Waals surface area (Å²) in [7, 11) is 1.66. The van der Waals surface area contributed by atoms with Crippen LogP contribution in [0, 0.1) is 5.92 Å². The minimum Gasteiger partial charge on any atom is -0.457 e. The quantitative estimate of drug-likeness (QED) is 0.215. The summed E-state index contributed by atoms with van der Waals surface area (Å²) in [5.74, 6) is 2.70. The Bertz CT molecular complexity index is 1730. The molecule has 4 heterocycles. The third kappa shape index (κ3) is 6.08. The number of nitrogens with zero attached hydrogens (tertiary/aromatic N) is 6. The molecule has 0 bridgehead atoms. The highest BCUT2D eigenvalue weighted by molar-refractivity contribution is 7.14. The smallest absolute Gasteiger partial charge is 0.258 e. The van der Waals surface area contributed by atoms with Crippen molar-refractivity contribution in [2.45, 2.75) is 70.6 Å². The number of carbonyl (C=O) groups excluding carboxylic acids is 2. The zero-order valence-electron chi connectivity index (χ0n) is 25.9. The van der Waals surface area contributed by atoms with Crippen LogP contribution < -0.4 is 4.74 Å². The average Bonchev–Trinajstić information content (AvgIpc) is 3.37. The van der Waals surface area contributed by atoms with Gasteiger partial charge in [0.05, 0.1) is 0 Å². The lowest BCUT2D eigenvalue weighted by Crippen LogP contribution is -2.27. The van der Waals surface area contributed by atoms with Crippen molar-refractivity contribution in [2.75, 3.05) is 20.2 Å². The molecule has 2 atom stereocenters. The van der Waals surface area contributed by atoms with E-state index in [-0.39, 0.29) is 17.7 Å². The van der Waals surface area contributed by atoms with Gasteiger partial charge in [0, 0.05) is 68.2 Å². The minimum absolute atomic E-state index is 0.0723. The number of carbonyl (C=O) groups is 2. The highest BCUT2D eigenvalue weighted by Gasteiger charge is 2.41. The van der Waals surface area contributed by atoms with Crippen molar-refractivity contribution in [1.29, 1.82) is 0 Å². The molecular weight excluding hydrogens is 592 g/mol. The highest BCUT2D eigenvalue weighted by atomic mass is 32.1. The summed E-state index contributed by atoms with van der Waals surface area (Å²) in [5.41, 5.74) is 1.99. The number of benzene rings is 2. The van der Waals surface area contributed by atoms with Gasteiger partial charge < -0.3 is 23.8 Å². The van der Waals surface area contributed by atoms with E-state index in [4.69, 9.17) is 14.0 Å². The first kappa shape index (κ1) is 29.5. The summed E-state index contributed by atoms with van der Waals surface area (Å²) >= 11 is 1.49. The minimum atomic E-state index is -0.514. The summed E-state index contributed by atoms with van der Waals surface area (Å²) in [6.07, 6.45) is 3.11. The van der Waals surface area contributed by atoms with E-state index in [1.165, 1.54) is 11.3 Å². The molecule has 7 rings (SSSR count). The van der Waals surface area contributed by atoms with Crippen LogP contribution in [0.25, 0.3) is 22.0 Å². The first-order valence-electron chi connectivity index (χ1n) is 15.4. The molecule has 2 amide bonds. The van der Waals surface area contributed by atoms with Crippen LogP contribution >= 0.6 is 11.3 Å². The van der Waals surface area contributed by atoms with E-state index in [1.54, 1.807) is 7.11 Å². The SMILES string of the molecule is COC(C)(C)c1nnc(-c2ccc(Oc3cc(-c4nc([C@@H]5CC(=O)N(C6CC6)C5)no4)ccc3CN3C[C@@H](C)CC3=O)cc2)s1.